The quantitative estimate of drug-likeness (QED) is 0.550. The van der Waals surface area contributed by atoms with E-state index in [1.54, 1.807) is 24.4 Å². The van der Waals surface area contributed by atoms with E-state index in [-0.39, 0.29) is 11.5 Å². The number of carbonyl (C=O) groups is 1. The second-order valence-corrected chi connectivity index (χ2v) is 8.54. The molecule has 0 unspecified atom stereocenters. The molecule has 2 aromatic carbocycles. The van der Waals surface area contributed by atoms with Crippen LogP contribution in [0.3, 0.4) is 0 Å². The van der Waals surface area contributed by atoms with Crippen molar-refractivity contribution in [2.75, 3.05) is 49.7 Å². The number of rotatable bonds is 1. The van der Waals surface area contributed by atoms with E-state index in [9.17, 15) is 9.18 Å². The van der Waals surface area contributed by atoms with E-state index in [1.165, 1.54) is 6.07 Å². The molecule has 0 saturated carbocycles. The molecule has 0 radical (unpaired) electrons. The minimum Gasteiger partial charge on any atom is -0.378 e. The van der Waals surface area contributed by atoms with Crippen molar-refractivity contribution >= 4 is 23.2 Å². The lowest BCUT2D eigenvalue weighted by Gasteiger charge is -2.31. The molecule has 35 heavy (non-hydrogen) atoms. The van der Waals surface area contributed by atoms with Crippen LogP contribution in [0.4, 0.5) is 21.7 Å². The highest BCUT2D eigenvalue weighted by molar-refractivity contribution is 5.94. The van der Waals surface area contributed by atoms with Crippen molar-refractivity contribution in [1.29, 1.82) is 0 Å². The first-order valence-electron chi connectivity index (χ1n) is 11.9. The fourth-order valence-electron chi connectivity index (χ4n) is 4.27. The predicted molar refractivity (Wildman–Crippen MR) is 131 cm³/mol. The summed E-state index contributed by atoms with van der Waals surface area (Å²) in [6.45, 7) is 4.59. The number of halogens is 1. The number of carbonyl (C=O) groups excluding carboxylic acids is 1. The summed E-state index contributed by atoms with van der Waals surface area (Å²) in [5, 5.41) is 6.09. The topological polar surface area (TPSA) is 88.6 Å². The minimum absolute atomic E-state index is 0.277. The van der Waals surface area contributed by atoms with Gasteiger partial charge >= 0.3 is 0 Å². The Bertz CT molecular complexity index is 1200. The number of nitrogens with zero attached hydrogens (tertiary/aromatic N) is 3. The van der Waals surface area contributed by atoms with E-state index in [1.807, 2.05) is 12.1 Å². The molecule has 3 aliphatic rings. The van der Waals surface area contributed by atoms with E-state index in [0.29, 0.717) is 50.2 Å². The normalized spacial score (nSPS) is 17.1. The van der Waals surface area contributed by atoms with E-state index in [4.69, 9.17) is 9.47 Å². The molecular weight excluding hydrogens is 449 g/mol. The van der Waals surface area contributed by atoms with Gasteiger partial charge in [0.05, 0.1) is 25.5 Å². The van der Waals surface area contributed by atoms with Crippen LogP contribution in [-0.2, 0) is 16.1 Å². The van der Waals surface area contributed by atoms with Crippen molar-refractivity contribution in [2.24, 2.45) is 0 Å². The van der Waals surface area contributed by atoms with Crippen LogP contribution in [0.1, 0.15) is 28.8 Å². The molecule has 0 aliphatic carbocycles. The number of hydrogen-bond acceptors (Lipinski definition) is 7. The van der Waals surface area contributed by atoms with Crippen LogP contribution >= 0.6 is 0 Å². The van der Waals surface area contributed by atoms with Gasteiger partial charge in [-0.1, -0.05) is 0 Å². The number of hydrogen-bond donors (Lipinski definition) is 2. The first-order valence-corrected chi connectivity index (χ1v) is 11.9. The van der Waals surface area contributed by atoms with E-state index >= 15 is 0 Å². The smallest absolute Gasteiger partial charge is 0.251 e. The molecule has 1 fully saturated rings. The molecule has 0 atom stereocenters. The Labute approximate surface area is 203 Å². The van der Waals surface area contributed by atoms with Gasteiger partial charge in [-0.25, -0.2) is 14.4 Å². The number of morpholine rings is 1. The van der Waals surface area contributed by atoms with Crippen molar-refractivity contribution in [3.8, 4) is 11.3 Å². The monoisotopic (exact) mass is 477 g/mol. The molecule has 1 amide bonds. The van der Waals surface area contributed by atoms with Gasteiger partial charge in [-0.15, -0.1) is 0 Å². The van der Waals surface area contributed by atoms with Gasteiger partial charge in [0.1, 0.15) is 5.82 Å². The highest BCUT2D eigenvalue weighted by Gasteiger charge is 2.17. The third-order valence-electron chi connectivity index (χ3n) is 6.11. The lowest BCUT2D eigenvalue weighted by molar-refractivity contribution is 0.0945. The van der Waals surface area contributed by atoms with Crippen molar-refractivity contribution in [2.45, 2.75) is 19.4 Å². The molecule has 1 aromatic heterocycles. The number of aromatic nitrogens is 2. The molecule has 6 bridgehead atoms. The van der Waals surface area contributed by atoms with E-state index < -0.39 is 5.82 Å². The highest BCUT2D eigenvalue weighted by Crippen LogP contribution is 2.28. The number of fused-ring (bicyclic) bond motifs is 9. The summed E-state index contributed by atoms with van der Waals surface area (Å²) in [5.41, 5.74) is 4.01. The zero-order valence-electron chi connectivity index (χ0n) is 19.4. The molecule has 1 saturated heterocycles. The summed E-state index contributed by atoms with van der Waals surface area (Å²) in [6.07, 6.45) is 3.16. The van der Waals surface area contributed by atoms with Gasteiger partial charge in [0.2, 0.25) is 5.95 Å². The van der Waals surface area contributed by atoms with Gasteiger partial charge in [0, 0.05) is 60.5 Å². The fraction of sp³-hybridized carbons (Fsp3) is 0.346. The standard InChI is InChI=1S/C26H28FN5O3/c27-22-16-18-3-5-21(22)23-7-9-29-26(31-23)30-20-4-6-24(32-10-13-34-14-11-32)19(15-20)17-35-12-2-1-8-28-25(18)33/h3-7,9,15-16H,1-2,8,10-14,17H2,(H,28,33)(H,29,30,31). The lowest BCUT2D eigenvalue weighted by Crippen LogP contribution is -2.36. The molecule has 4 heterocycles. The van der Waals surface area contributed by atoms with E-state index in [0.717, 1.165) is 42.9 Å². The van der Waals surface area contributed by atoms with E-state index in [2.05, 4.69) is 31.6 Å². The van der Waals surface area contributed by atoms with Gasteiger partial charge in [0.15, 0.2) is 0 Å². The Hall–Kier alpha value is -3.56. The highest BCUT2D eigenvalue weighted by atomic mass is 19.1. The molecule has 2 N–H and O–H groups in total. The Kier molecular flexibility index (Phi) is 7.15. The summed E-state index contributed by atoms with van der Waals surface area (Å²) in [4.78, 5) is 23.5. The van der Waals surface area contributed by atoms with Gasteiger partial charge < -0.3 is 25.0 Å². The second-order valence-electron chi connectivity index (χ2n) is 8.54. The number of ether oxygens (including phenoxy) is 2. The third-order valence-corrected chi connectivity index (χ3v) is 6.11. The first-order chi connectivity index (χ1) is 17.2. The molecular formula is C26H28FN5O3. The van der Waals surface area contributed by atoms with Crippen LogP contribution in [0.25, 0.3) is 11.3 Å². The first kappa shape index (κ1) is 23.2. The van der Waals surface area contributed by atoms with Crippen LogP contribution in [0.15, 0.2) is 48.7 Å². The summed E-state index contributed by atoms with van der Waals surface area (Å²) in [6, 6.07) is 12.2. The number of anilines is 3. The largest absolute Gasteiger partial charge is 0.378 e. The molecule has 3 aliphatic heterocycles. The van der Waals surface area contributed by atoms with Crippen molar-refractivity contribution in [3.05, 3.63) is 65.6 Å². The van der Waals surface area contributed by atoms with Crippen LogP contribution in [0, 0.1) is 5.82 Å². The van der Waals surface area contributed by atoms with Crippen molar-refractivity contribution in [3.63, 3.8) is 0 Å². The Morgan fingerprint density at radius 3 is 2.71 bits per heavy atom. The zero-order valence-corrected chi connectivity index (χ0v) is 19.4. The van der Waals surface area contributed by atoms with Crippen molar-refractivity contribution < 1.29 is 18.7 Å². The Balaban J connectivity index is 1.47. The summed E-state index contributed by atoms with van der Waals surface area (Å²) in [7, 11) is 0. The SMILES string of the molecule is O=C1NCCCCOCc2cc(ccc2N2CCOCC2)Nc2nccc(n2)-c2ccc1cc2F. The lowest BCUT2D eigenvalue weighted by atomic mass is 10.1. The maximum absolute atomic E-state index is 14.9. The van der Waals surface area contributed by atoms with Crippen LogP contribution in [-0.4, -0.2) is 55.3 Å². The van der Waals surface area contributed by atoms with Gasteiger partial charge in [0.25, 0.3) is 5.91 Å². The average molecular weight is 478 g/mol. The summed E-state index contributed by atoms with van der Waals surface area (Å²) < 4.78 is 26.4. The van der Waals surface area contributed by atoms with Crippen LogP contribution in [0.2, 0.25) is 0 Å². The fourth-order valence-corrected chi connectivity index (χ4v) is 4.27. The van der Waals surface area contributed by atoms with Gasteiger partial charge in [-0.05, 0) is 55.3 Å². The molecule has 0 spiro atoms. The molecule has 3 aromatic rings. The third kappa shape index (κ3) is 5.58. The zero-order chi connectivity index (χ0) is 24.0. The Morgan fingerprint density at radius 2 is 1.86 bits per heavy atom. The van der Waals surface area contributed by atoms with Gasteiger partial charge in [-0.2, -0.15) is 0 Å². The Morgan fingerprint density at radius 1 is 0.971 bits per heavy atom. The minimum atomic E-state index is -0.509. The maximum Gasteiger partial charge on any atom is 0.251 e. The maximum atomic E-state index is 14.9. The van der Waals surface area contributed by atoms with Crippen molar-refractivity contribution in [1.82, 2.24) is 15.3 Å². The van der Waals surface area contributed by atoms with Crippen LogP contribution in [0.5, 0.6) is 0 Å². The molecule has 9 heteroatoms. The molecule has 6 rings (SSSR count). The summed E-state index contributed by atoms with van der Waals surface area (Å²) >= 11 is 0. The predicted octanol–water partition coefficient (Wildman–Crippen LogP) is 3.90. The van der Waals surface area contributed by atoms with Gasteiger partial charge in [-0.3, -0.25) is 4.79 Å². The van der Waals surface area contributed by atoms with Crippen LogP contribution < -0.4 is 15.5 Å². The average Bonchev–Trinajstić information content (AvgIpc) is 2.88. The second kappa shape index (κ2) is 10.8. The summed E-state index contributed by atoms with van der Waals surface area (Å²) in [5.74, 6) is -0.455. The molecule has 182 valence electrons. The number of nitrogens with one attached hydrogen (secondary N) is 2. The number of amides is 1. The number of benzene rings is 2. The molecule has 8 nitrogen and oxygen atoms in total.